The molecule has 146 valence electrons. The van der Waals surface area contributed by atoms with Crippen molar-refractivity contribution < 1.29 is 4.79 Å². The zero-order valence-electron chi connectivity index (χ0n) is 16.0. The molecule has 0 radical (unpaired) electrons. The van der Waals surface area contributed by atoms with Crippen molar-refractivity contribution in [2.24, 2.45) is 17.8 Å². The maximum absolute atomic E-state index is 12.7. The highest BCUT2D eigenvalue weighted by atomic mass is 16.2. The molecule has 4 aliphatic rings. The number of H-pyrrole nitrogens is 1. The number of hydrogen-bond acceptors (Lipinski definition) is 5. The summed E-state index contributed by atoms with van der Waals surface area (Å²) in [6.07, 6.45) is 11.9. The predicted molar refractivity (Wildman–Crippen MR) is 103 cm³/mol. The van der Waals surface area contributed by atoms with Crippen LogP contribution in [0.4, 0.5) is 0 Å². The van der Waals surface area contributed by atoms with Crippen molar-refractivity contribution in [3.8, 4) is 0 Å². The smallest absolute Gasteiger partial charge is 0.263 e. The molecule has 7 nitrogen and oxygen atoms in total. The van der Waals surface area contributed by atoms with Crippen LogP contribution >= 0.6 is 0 Å². The second kappa shape index (κ2) is 6.50. The number of rotatable bonds is 4. The van der Waals surface area contributed by atoms with Crippen LogP contribution in [0.1, 0.15) is 73.4 Å². The number of aromatic amines is 1. The first kappa shape index (κ1) is 17.5. The van der Waals surface area contributed by atoms with Crippen LogP contribution in [0.5, 0.6) is 0 Å². The number of amides is 1. The van der Waals surface area contributed by atoms with Crippen molar-refractivity contribution >= 4 is 5.91 Å². The number of aromatic nitrogens is 4. The van der Waals surface area contributed by atoms with Gasteiger partial charge in [0.15, 0.2) is 0 Å². The van der Waals surface area contributed by atoms with E-state index in [1.54, 1.807) is 12.3 Å². The van der Waals surface area contributed by atoms with Crippen LogP contribution in [0.25, 0.3) is 0 Å². The van der Waals surface area contributed by atoms with Gasteiger partial charge in [0.2, 0.25) is 0 Å². The summed E-state index contributed by atoms with van der Waals surface area (Å²) in [4.78, 5) is 40.9. The lowest BCUT2D eigenvalue weighted by molar-refractivity contribution is -0.00954. The maximum Gasteiger partial charge on any atom is 0.263 e. The lowest BCUT2D eigenvalue weighted by Crippen LogP contribution is -2.50. The molecule has 1 unspecified atom stereocenters. The molecule has 0 aromatic carbocycles. The Labute approximate surface area is 163 Å². The summed E-state index contributed by atoms with van der Waals surface area (Å²) in [6.45, 7) is 1.83. The number of carbonyl (C=O) groups excluding carboxylic acids is 1. The SMILES string of the molecule is CC(NC(=O)c1cnc(C23CC4CC(CC(C4)C2)C3)[nH]c1=O)c1ccncn1. The van der Waals surface area contributed by atoms with E-state index < -0.39 is 5.91 Å². The van der Waals surface area contributed by atoms with E-state index in [4.69, 9.17) is 0 Å². The third kappa shape index (κ3) is 2.93. The van der Waals surface area contributed by atoms with E-state index in [0.29, 0.717) is 5.69 Å². The molecule has 6 rings (SSSR count). The van der Waals surface area contributed by atoms with Gasteiger partial charge in [-0.2, -0.15) is 0 Å². The first-order chi connectivity index (χ1) is 13.5. The lowest BCUT2D eigenvalue weighted by Gasteiger charge is -2.56. The number of carbonyl (C=O) groups is 1. The molecule has 1 atom stereocenters. The molecule has 0 saturated heterocycles. The third-order valence-electron chi connectivity index (χ3n) is 6.98. The van der Waals surface area contributed by atoms with E-state index >= 15 is 0 Å². The van der Waals surface area contributed by atoms with Crippen LogP contribution < -0.4 is 10.9 Å². The summed E-state index contributed by atoms with van der Waals surface area (Å²) in [5, 5.41) is 2.82. The fourth-order valence-electron chi connectivity index (χ4n) is 6.13. The summed E-state index contributed by atoms with van der Waals surface area (Å²) in [6, 6.07) is 1.42. The van der Waals surface area contributed by atoms with Gasteiger partial charge in [0.05, 0.1) is 11.7 Å². The van der Waals surface area contributed by atoms with Gasteiger partial charge in [0.25, 0.3) is 11.5 Å². The van der Waals surface area contributed by atoms with E-state index in [-0.39, 0.29) is 22.6 Å². The minimum Gasteiger partial charge on any atom is -0.344 e. The monoisotopic (exact) mass is 379 g/mol. The molecule has 2 N–H and O–H groups in total. The normalized spacial score (nSPS) is 31.5. The molecule has 4 fully saturated rings. The Bertz CT molecular complexity index is 919. The summed E-state index contributed by atoms with van der Waals surface area (Å²) in [7, 11) is 0. The maximum atomic E-state index is 12.7. The summed E-state index contributed by atoms with van der Waals surface area (Å²) < 4.78 is 0. The van der Waals surface area contributed by atoms with Crippen molar-refractivity contribution in [2.45, 2.75) is 56.9 Å². The second-order valence-corrected chi connectivity index (χ2v) is 9.00. The molecule has 4 bridgehead atoms. The molecule has 2 heterocycles. The Morgan fingerprint density at radius 2 is 1.86 bits per heavy atom. The van der Waals surface area contributed by atoms with Crippen LogP contribution in [-0.2, 0) is 5.41 Å². The lowest BCUT2D eigenvalue weighted by atomic mass is 9.49. The second-order valence-electron chi connectivity index (χ2n) is 9.00. The van der Waals surface area contributed by atoms with Crippen molar-refractivity contribution in [2.75, 3.05) is 0 Å². The molecule has 4 aliphatic carbocycles. The molecule has 0 aliphatic heterocycles. The first-order valence-electron chi connectivity index (χ1n) is 10.2. The van der Waals surface area contributed by atoms with Gasteiger partial charge in [-0.1, -0.05) is 0 Å². The zero-order chi connectivity index (χ0) is 19.3. The Morgan fingerprint density at radius 1 is 1.18 bits per heavy atom. The summed E-state index contributed by atoms with van der Waals surface area (Å²) in [5.41, 5.74) is 0.400. The van der Waals surface area contributed by atoms with Crippen molar-refractivity contribution in [1.82, 2.24) is 25.3 Å². The molecule has 0 spiro atoms. The highest BCUT2D eigenvalue weighted by Crippen LogP contribution is 2.59. The third-order valence-corrected chi connectivity index (χ3v) is 6.98. The van der Waals surface area contributed by atoms with Gasteiger partial charge in [-0.05, 0) is 69.3 Å². The van der Waals surface area contributed by atoms with Gasteiger partial charge in [-0.25, -0.2) is 15.0 Å². The van der Waals surface area contributed by atoms with Gasteiger partial charge in [0.1, 0.15) is 17.7 Å². The van der Waals surface area contributed by atoms with E-state index in [2.05, 4.69) is 25.3 Å². The zero-order valence-corrected chi connectivity index (χ0v) is 16.0. The molecule has 2 aromatic rings. The number of hydrogen-bond donors (Lipinski definition) is 2. The Morgan fingerprint density at radius 3 is 2.43 bits per heavy atom. The van der Waals surface area contributed by atoms with Gasteiger partial charge < -0.3 is 10.3 Å². The van der Waals surface area contributed by atoms with Crippen LogP contribution in [0.2, 0.25) is 0 Å². The minimum absolute atomic E-state index is 0.0111. The highest BCUT2D eigenvalue weighted by Gasteiger charge is 2.52. The molecular formula is C21H25N5O2. The van der Waals surface area contributed by atoms with Gasteiger partial charge >= 0.3 is 0 Å². The van der Waals surface area contributed by atoms with Crippen LogP contribution in [0, 0.1) is 17.8 Å². The van der Waals surface area contributed by atoms with Gasteiger partial charge in [-0.15, -0.1) is 0 Å². The quantitative estimate of drug-likeness (QED) is 0.850. The summed E-state index contributed by atoms with van der Waals surface area (Å²) >= 11 is 0. The van der Waals surface area contributed by atoms with E-state index in [1.165, 1.54) is 31.8 Å². The average Bonchev–Trinajstić information content (AvgIpc) is 2.67. The highest BCUT2D eigenvalue weighted by molar-refractivity contribution is 5.93. The van der Waals surface area contributed by atoms with Crippen molar-refractivity contribution in [1.29, 1.82) is 0 Å². The largest absolute Gasteiger partial charge is 0.344 e. The van der Waals surface area contributed by atoms with E-state index in [9.17, 15) is 9.59 Å². The molecule has 28 heavy (non-hydrogen) atoms. The fourth-order valence-corrected chi connectivity index (χ4v) is 6.13. The topological polar surface area (TPSA) is 101 Å². The Balaban J connectivity index is 1.37. The number of nitrogens with zero attached hydrogens (tertiary/aromatic N) is 3. The van der Waals surface area contributed by atoms with Gasteiger partial charge in [0, 0.05) is 17.8 Å². The van der Waals surface area contributed by atoms with Gasteiger partial charge in [-0.3, -0.25) is 9.59 Å². The fraction of sp³-hybridized carbons (Fsp3) is 0.571. The summed E-state index contributed by atoms with van der Waals surface area (Å²) in [5.74, 6) is 2.67. The first-order valence-corrected chi connectivity index (χ1v) is 10.2. The van der Waals surface area contributed by atoms with Crippen LogP contribution in [-0.4, -0.2) is 25.8 Å². The standard InChI is InChI=1S/C21H25N5O2/c1-12(17-2-3-22-11-24-17)25-18(27)16-10-23-20(26-19(16)28)21-7-13-4-14(8-21)6-15(5-13)9-21/h2-3,10-15H,4-9H2,1H3,(H,25,27)(H,23,26,28). The molecular weight excluding hydrogens is 354 g/mol. The van der Waals surface area contributed by atoms with Crippen molar-refractivity contribution in [3.05, 3.63) is 52.2 Å². The Hall–Kier alpha value is -2.57. The average molecular weight is 379 g/mol. The molecule has 7 heteroatoms. The molecule has 1 amide bonds. The Kier molecular flexibility index (Phi) is 4.07. The minimum atomic E-state index is -0.433. The number of nitrogens with one attached hydrogen (secondary N) is 2. The molecule has 2 aromatic heterocycles. The van der Waals surface area contributed by atoms with Crippen LogP contribution in [0.3, 0.4) is 0 Å². The van der Waals surface area contributed by atoms with E-state index in [1.807, 2.05) is 6.92 Å². The molecule has 4 saturated carbocycles. The predicted octanol–water partition coefficient (Wildman–Crippen LogP) is 2.52. The van der Waals surface area contributed by atoms with Crippen molar-refractivity contribution in [3.63, 3.8) is 0 Å². The van der Waals surface area contributed by atoms with E-state index in [0.717, 1.165) is 42.8 Å². The van der Waals surface area contributed by atoms with Crippen LogP contribution in [0.15, 0.2) is 29.6 Å².